The Morgan fingerprint density at radius 2 is 1.65 bits per heavy atom. The van der Waals surface area contributed by atoms with Gasteiger partial charge in [0.15, 0.2) is 17.3 Å². The minimum absolute atomic E-state index is 0.0583. The number of carbonyl (C=O) groups is 1. The first-order valence-corrected chi connectivity index (χ1v) is 9.10. The first-order chi connectivity index (χ1) is 12.3. The highest BCUT2D eigenvalue weighted by Gasteiger charge is 2.23. The number of aldehydes is 1. The lowest BCUT2D eigenvalue weighted by Gasteiger charge is -2.14. The van der Waals surface area contributed by atoms with Crippen LogP contribution in [0.2, 0.25) is 0 Å². The predicted octanol–water partition coefficient (Wildman–Crippen LogP) is 2.75. The fourth-order valence-electron chi connectivity index (χ4n) is 2.22. The molecule has 26 heavy (non-hydrogen) atoms. The van der Waals surface area contributed by atoms with Gasteiger partial charge in [-0.15, -0.1) is 0 Å². The lowest BCUT2D eigenvalue weighted by Crippen LogP contribution is -2.14. The molecule has 1 unspecified atom stereocenters. The summed E-state index contributed by atoms with van der Waals surface area (Å²) in [5.41, 5.74) is 0.711. The van der Waals surface area contributed by atoms with Gasteiger partial charge in [0, 0.05) is 12.1 Å². The van der Waals surface area contributed by atoms with E-state index >= 15 is 0 Å². The van der Waals surface area contributed by atoms with E-state index in [0.717, 1.165) is 0 Å². The molecule has 7 nitrogen and oxygen atoms in total. The third-order valence-corrected chi connectivity index (χ3v) is 4.65. The summed E-state index contributed by atoms with van der Waals surface area (Å²) in [7, 11) is -1.40. The van der Waals surface area contributed by atoms with Crippen LogP contribution in [0, 0.1) is 6.92 Å². The van der Waals surface area contributed by atoms with Gasteiger partial charge in [0.1, 0.15) is 23.0 Å². The molecule has 8 heteroatoms. The maximum absolute atomic E-state index is 12.7. The van der Waals surface area contributed by atoms with Crippen molar-refractivity contribution in [3.8, 4) is 23.0 Å². The Balaban J connectivity index is 2.39. The van der Waals surface area contributed by atoms with E-state index in [9.17, 15) is 13.2 Å². The van der Waals surface area contributed by atoms with Crippen molar-refractivity contribution in [2.45, 2.75) is 24.8 Å². The fourth-order valence-corrected chi connectivity index (χ4v) is 3.32. The van der Waals surface area contributed by atoms with Crippen LogP contribution in [0.1, 0.15) is 12.5 Å². The molecular weight excluding hydrogens is 360 g/mol. The maximum atomic E-state index is 12.7. The number of hydrogen-bond donors (Lipinski definition) is 0. The topological polar surface area (TPSA) is 88.1 Å². The third kappa shape index (κ3) is 4.66. The molecule has 0 fully saturated rings. The Labute approximate surface area is 152 Å². The molecule has 0 bridgehead atoms. The molecule has 0 radical (unpaired) electrons. The Kier molecular flexibility index (Phi) is 6.10. The average molecular weight is 380 g/mol. The summed E-state index contributed by atoms with van der Waals surface area (Å²) in [5.74, 6) is 0.862. The summed E-state index contributed by atoms with van der Waals surface area (Å²) in [6, 6.07) is 8.99. The summed E-state index contributed by atoms with van der Waals surface area (Å²) >= 11 is 0. The molecular formula is C18H20O7S. The van der Waals surface area contributed by atoms with Gasteiger partial charge in [0.25, 0.3) is 0 Å². The van der Waals surface area contributed by atoms with Gasteiger partial charge < -0.3 is 18.4 Å². The molecule has 0 saturated carbocycles. The van der Waals surface area contributed by atoms with Crippen molar-refractivity contribution in [2.75, 3.05) is 14.2 Å². The number of hydrogen-bond acceptors (Lipinski definition) is 7. The van der Waals surface area contributed by atoms with E-state index in [0.29, 0.717) is 23.3 Å². The highest BCUT2D eigenvalue weighted by Crippen LogP contribution is 2.32. The zero-order valence-electron chi connectivity index (χ0n) is 14.9. The highest BCUT2D eigenvalue weighted by molar-refractivity contribution is 7.87. The molecule has 2 aromatic carbocycles. The molecule has 0 aromatic heterocycles. The largest absolute Gasteiger partial charge is 0.497 e. The number of benzene rings is 2. The monoisotopic (exact) mass is 380 g/mol. The molecule has 2 aromatic rings. The van der Waals surface area contributed by atoms with Gasteiger partial charge >= 0.3 is 10.1 Å². The lowest BCUT2D eigenvalue weighted by molar-refractivity contribution is -0.113. The summed E-state index contributed by atoms with van der Waals surface area (Å²) in [6.07, 6.45) is -0.0273. The van der Waals surface area contributed by atoms with Crippen LogP contribution in [0.3, 0.4) is 0 Å². The second-order valence-corrected chi connectivity index (χ2v) is 7.01. The Bertz CT molecular complexity index is 890. The van der Waals surface area contributed by atoms with Crippen LogP contribution in [-0.2, 0) is 14.9 Å². The molecule has 0 aliphatic rings. The van der Waals surface area contributed by atoms with Gasteiger partial charge in [0.05, 0.1) is 14.2 Å². The van der Waals surface area contributed by atoms with E-state index < -0.39 is 16.2 Å². The summed E-state index contributed by atoms with van der Waals surface area (Å²) < 4.78 is 46.2. The second-order valence-electron chi connectivity index (χ2n) is 5.50. The van der Waals surface area contributed by atoms with Gasteiger partial charge in [-0.25, -0.2) is 0 Å². The average Bonchev–Trinajstić information content (AvgIpc) is 2.60. The summed E-state index contributed by atoms with van der Waals surface area (Å²) in [6.45, 7) is 3.33. The Hall–Kier alpha value is -2.74. The molecule has 0 amide bonds. The van der Waals surface area contributed by atoms with Crippen LogP contribution in [-0.4, -0.2) is 35.0 Å². The molecule has 0 heterocycles. The van der Waals surface area contributed by atoms with Crippen LogP contribution in [0.25, 0.3) is 0 Å². The second kappa shape index (κ2) is 8.09. The van der Waals surface area contributed by atoms with Gasteiger partial charge in [0.2, 0.25) is 0 Å². The van der Waals surface area contributed by atoms with E-state index in [2.05, 4.69) is 0 Å². The molecule has 0 N–H and O–H groups in total. The number of ether oxygens (including phenoxy) is 3. The van der Waals surface area contributed by atoms with Crippen LogP contribution in [0.15, 0.2) is 41.3 Å². The number of rotatable bonds is 8. The van der Waals surface area contributed by atoms with Crippen molar-refractivity contribution < 1.29 is 31.6 Å². The predicted molar refractivity (Wildman–Crippen MR) is 94.7 cm³/mol. The summed E-state index contributed by atoms with van der Waals surface area (Å²) in [4.78, 5) is 10.6. The first kappa shape index (κ1) is 19.6. The van der Waals surface area contributed by atoms with Gasteiger partial charge in [-0.1, -0.05) is 0 Å². The molecule has 0 saturated heterocycles. The quantitative estimate of drug-likeness (QED) is 0.514. The fraction of sp³-hybridized carbons (Fsp3) is 0.278. The van der Waals surface area contributed by atoms with Gasteiger partial charge in [-0.3, -0.25) is 4.79 Å². The van der Waals surface area contributed by atoms with Crippen molar-refractivity contribution in [2.24, 2.45) is 0 Å². The van der Waals surface area contributed by atoms with E-state index in [4.69, 9.17) is 18.4 Å². The van der Waals surface area contributed by atoms with Crippen molar-refractivity contribution in [1.82, 2.24) is 0 Å². The molecule has 0 aliphatic carbocycles. The van der Waals surface area contributed by atoms with E-state index in [1.54, 1.807) is 32.0 Å². The smallest absolute Gasteiger partial charge is 0.343 e. The Morgan fingerprint density at radius 3 is 2.27 bits per heavy atom. The minimum Gasteiger partial charge on any atom is -0.497 e. The van der Waals surface area contributed by atoms with Crippen LogP contribution in [0.5, 0.6) is 23.0 Å². The molecule has 0 spiro atoms. The Morgan fingerprint density at radius 1 is 0.962 bits per heavy atom. The van der Waals surface area contributed by atoms with Crippen LogP contribution < -0.4 is 18.4 Å². The van der Waals surface area contributed by atoms with Crippen molar-refractivity contribution in [3.05, 3.63) is 42.0 Å². The van der Waals surface area contributed by atoms with Crippen molar-refractivity contribution in [3.63, 3.8) is 0 Å². The van der Waals surface area contributed by atoms with E-state index in [1.807, 2.05) is 0 Å². The van der Waals surface area contributed by atoms with Gasteiger partial charge in [-0.2, -0.15) is 8.42 Å². The van der Waals surface area contributed by atoms with Crippen molar-refractivity contribution >= 4 is 16.4 Å². The zero-order chi connectivity index (χ0) is 19.3. The van der Waals surface area contributed by atoms with Crippen LogP contribution >= 0.6 is 0 Å². The number of aryl methyl sites for hydroxylation is 1. The van der Waals surface area contributed by atoms with E-state index in [1.165, 1.54) is 32.4 Å². The molecule has 1 atom stereocenters. The molecule has 2 rings (SSSR count). The normalized spacial score (nSPS) is 12.2. The first-order valence-electron chi connectivity index (χ1n) is 7.69. The highest BCUT2D eigenvalue weighted by atomic mass is 32.2. The van der Waals surface area contributed by atoms with E-state index in [-0.39, 0.29) is 16.4 Å². The van der Waals surface area contributed by atoms with Gasteiger partial charge in [-0.05, 0) is 43.7 Å². The van der Waals surface area contributed by atoms with Crippen LogP contribution in [0.4, 0.5) is 0 Å². The standard InChI is InChI=1S/C18H20O7S/c1-12-7-15(24-13(2)11-19)9-16(8-12)25-26(20,21)18-10-14(22-3)5-6-17(18)23-4/h5-11,13H,1-4H3. The maximum Gasteiger partial charge on any atom is 0.343 e. The minimum atomic E-state index is -4.19. The third-order valence-electron chi connectivity index (χ3n) is 3.38. The SMILES string of the molecule is COc1ccc(OC)c(S(=O)(=O)Oc2cc(C)cc(OC(C)C=O)c2)c1. The molecule has 0 aliphatic heterocycles. The lowest BCUT2D eigenvalue weighted by atomic mass is 10.2. The molecule has 140 valence electrons. The zero-order valence-corrected chi connectivity index (χ0v) is 15.7. The van der Waals surface area contributed by atoms with Crippen molar-refractivity contribution in [1.29, 1.82) is 0 Å². The number of carbonyl (C=O) groups excluding carboxylic acids is 1. The summed E-state index contributed by atoms with van der Waals surface area (Å²) in [5, 5.41) is 0. The number of methoxy groups -OCH3 is 2.